The SMILES string of the molecule is O=S(=O)(O)O.S.[Ca+2].[H-].[H-]. The average Bonchev–Trinajstić information content (AvgIpc) is 0.722. The summed E-state index contributed by atoms with van der Waals surface area (Å²) in [6.07, 6.45) is 0. The zero-order valence-electron chi connectivity index (χ0n) is 5.33. The van der Waals surface area contributed by atoms with Crippen molar-refractivity contribution < 1.29 is 20.4 Å². The second-order valence-corrected chi connectivity index (χ2v) is 1.34. The fourth-order valence-corrected chi connectivity index (χ4v) is 0. The van der Waals surface area contributed by atoms with Crippen LogP contribution in [-0.4, -0.2) is 55.3 Å². The van der Waals surface area contributed by atoms with Gasteiger partial charge in [-0.1, -0.05) is 0 Å². The molecule has 7 heteroatoms. The molecule has 4 nitrogen and oxygen atoms in total. The van der Waals surface area contributed by atoms with Crippen molar-refractivity contribution in [3.63, 3.8) is 0 Å². The minimum Gasteiger partial charge on any atom is -1.00 e. The van der Waals surface area contributed by atoms with E-state index in [0.717, 1.165) is 0 Å². The molecule has 0 aromatic heterocycles. The van der Waals surface area contributed by atoms with Crippen LogP contribution in [0.4, 0.5) is 0 Å². The topological polar surface area (TPSA) is 74.6 Å². The van der Waals surface area contributed by atoms with Gasteiger partial charge in [-0.2, -0.15) is 21.9 Å². The maximum atomic E-state index is 8.74. The molecule has 0 saturated carbocycles. The Labute approximate surface area is 81.3 Å². The standard InChI is InChI=1S/Ca.H2O4S.H2S.2H/c;1-5(2,3)4;;;/h;(H2,1,2,3,4);1H2;;/q+2;;;2*-1. The molecule has 0 amide bonds. The first-order chi connectivity index (χ1) is 2.00. The summed E-state index contributed by atoms with van der Waals surface area (Å²) in [5.41, 5.74) is 0. The molecule has 0 atom stereocenters. The summed E-state index contributed by atoms with van der Waals surface area (Å²) in [5, 5.41) is 0. The minimum absolute atomic E-state index is 0. The predicted molar refractivity (Wildman–Crippen MR) is 32.5 cm³/mol. The van der Waals surface area contributed by atoms with Gasteiger partial charge in [0.25, 0.3) is 0 Å². The normalized spacial score (nSPS) is 8.29. The van der Waals surface area contributed by atoms with Gasteiger partial charge < -0.3 is 2.85 Å². The van der Waals surface area contributed by atoms with E-state index in [-0.39, 0.29) is 54.1 Å². The largest absolute Gasteiger partial charge is 2.00 e. The Hall–Kier alpha value is 1.48. The monoisotopic (exact) mass is 174 g/mol. The molecule has 0 saturated heterocycles. The number of hydrogen-bond acceptors (Lipinski definition) is 2. The summed E-state index contributed by atoms with van der Waals surface area (Å²) in [5.74, 6) is 0. The van der Waals surface area contributed by atoms with Gasteiger partial charge in [0.15, 0.2) is 0 Å². The maximum Gasteiger partial charge on any atom is 2.00 e. The van der Waals surface area contributed by atoms with Gasteiger partial charge in [0.05, 0.1) is 0 Å². The summed E-state index contributed by atoms with van der Waals surface area (Å²) < 4.78 is 31.6. The minimum atomic E-state index is -4.67. The van der Waals surface area contributed by atoms with Crippen LogP contribution in [0.25, 0.3) is 0 Å². The maximum absolute atomic E-state index is 8.74. The molecule has 7 heavy (non-hydrogen) atoms. The Kier molecular flexibility index (Phi) is 12.7. The summed E-state index contributed by atoms with van der Waals surface area (Å²) in [6, 6.07) is 0. The van der Waals surface area contributed by atoms with E-state index in [1.165, 1.54) is 0 Å². The third-order valence-corrected chi connectivity index (χ3v) is 0. The molecule has 0 rings (SSSR count). The molecule has 44 valence electrons. The van der Waals surface area contributed by atoms with Gasteiger partial charge in [-0.05, 0) is 0 Å². The summed E-state index contributed by atoms with van der Waals surface area (Å²) in [4.78, 5) is 0. The number of hydrogen-bond donors (Lipinski definition) is 2. The first kappa shape index (κ1) is 15.8. The molecule has 0 aliphatic carbocycles. The smallest absolute Gasteiger partial charge is 1.00 e. The van der Waals surface area contributed by atoms with Crippen molar-refractivity contribution in [2.75, 3.05) is 0 Å². The molecule has 0 spiro atoms. The summed E-state index contributed by atoms with van der Waals surface area (Å²) >= 11 is 0. The van der Waals surface area contributed by atoms with Crippen LogP contribution < -0.4 is 0 Å². The molecule has 0 fully saturated rings. The predicted octanol–water partition coefficient (Wildman–Crippen LogP) is -0.696. The quantitative estimate of drug-likeness (QED) is 0.376. The van der Waals surface area contributed by atoms with Crippen LogP contribution in [0.2, 0.25) is 0 Å². The van der Waals surface area contributed by atoms with Gasteiger partial charge in [0, 0.05) is 0 Å². The van der Waals surface area contributed by atoms with Gasteiger partial charge in [-0.3, -0.25) is 9.11 Å². The van der Waals surface area contributed by atoms with E-state index in [2.05, 4.69) is 0 Å². The second-order valence-electron chi connectivity index (χ2n) is 0.448. The van der Waals surface area contributed by atoms with Crippen molar-refractivity contribution in [2.45, 2.75) is 0 Å². The van der Waals surface area contributed by atoms with Crippen molar-refractivity contribution >= 4 is 61.6 Å². The van der Waals surface area contributed by atoms with E-state index in [4.69, 9.17) is 17.5 Å². The summed E-state index contributed by atoms with van der Waals surface area (Å²) in [7, 11) is -4.67. The Morgan fingerprint density at radius 2 is 1.29 bits per heavy atom. The van der Waals surface area contributed by atoms with Gasteiger partial charge in [-0.15, -0.1) is 0 Å². The van der Waals surface area contributed by atoms with Gasteiger partial charge in [0.1, 0.15) is 0 Å². The third kappa shape index (κ3) is 103. The molecule has 0 unspecified atom stereocenters. The van der Waals surface area contributed by atoms with Crippen LogP contribution in [0.5, 0.6) is 0 Å². The van der Waals surface area contributed by atoms with Gasteiger partial charge in [0.2, 0.25) is 0 Å². The van der Waals surface area contributed by atoms with Crippen molar-refractivity contribution in [1.29, 1.82) is 0 Å². The molecule has 0 aromatic carbocycles. The molecule has 0 aliphatic rings. The molecule has 0 bridgehead atoms. The Morgan fingerprint density at radius 1 is 1.29 bits per heavy atom. The van der Waals surface area contributed by atoms with Gasteiger partial charge >= 0.3 is 48.1 Å². The van der Waals surface area contributed by atoms with E-state index < -0.39 is 10.4 Å². The molecule has 2 N–H and O–H groups in total. The molecular weight excluding hydrogens is 168 g/mol. The van der Waals surface area contributed by atoms with Crippen LogP contribution in [0.15, 0.2) is 0 Å². The molecule has 0 aromatic rings. The van der Waals surface area contributed by atoms with Crippen LogP contribution in [0, 0.1) is 0 Å². The van der Waals surface area contributed by atoms with Crippen molar-refractivity contribution in [2.24, 2.45) is 0 Å². The van der Waals surface area contributed by atoms with E-state index in [0.29, 0.717) is 0 Å². The van der Waals surface area contributed by atoms with E-state index in [1.54, 1.807) is 0 Å². The van der Waals surface area contributed by atoms with E-state index in [9.17, 15) is 0 Å². The summed E-state index contributed by atoms with van der Waals surface area (Å²) in [6.45, 7) is 0. The van der Waals surface area contributed by atoms with Crippen LogP contribution >= 0.6 is 13.5 Å². The zero-order chi connectivity index (χ0) is 4.50. The van der Waals surface area contributed by atoms with Gasteiger partial charge in [-0.25, -0.2) is 0 Å². The first-order valence-electron chi connectivity index (χ1n) is 0.698. The van der Waals surface area contributed by atoms with Crippen LogP contribution in [0.3, 0.4) is 0 Å². The van der Waals surface area contributed by atoms with Crippen molar-refractivity contribution in [3.8, 4) is 0 Å². The van der Waals surface area contributed by atoms with Crippen LogP contribution in [0.1, 0.15) is 2.85 Å². The molecular formula is H6CaO4S2. The Morgan fingerprint density at radius 3 is 1.29 bits per heavy atom. The van der Waals surface area contributed by atoms with E-state index in [1.807, 2.05) is 0 Å². The van der Waals surface area contributed by atoms with Crippen molar-refractivity contribution in [3.05, 3.63) is 0 Å². The average molecular weight is 174 g/mol. The molecule has 0 heterocycles. The Bertz CT molecular complexity index is 99.7. The van der Waals surface area contributed by atoms with Crippen molar-refractivity contribution in [1.82, 2.24) is 0 Å². The first-order valence-corrected chi connectivity index (χ1v) is 2.10. The Balaban J connectivity index is -0.0000000133. The molecule has 0 radical (unpaired) electrons. The second kappa shape index (κ2) is 5.61. The number of rotatable bonds is 0. The fraction of sp³-hybridized carbons (Fsp3) is 0. The zero-order valence-corrected chi connectivity index (χ0v) is 7.35. The third-order valence-electron chi connectivity index (χ3n) is 0. The fourth-order valence-electron chi connectivity index (χ4n) is 0. The van der Waals surface area contributed by atoms with Crippen LogP contribution in [-0.2, 0) is 10.4 Å². The van der Waals surface area contributed by atoms with E-state index >= 15 is 0 Å². The molecule has 0 aliphatic heterocycles.